The molecule has 1 heterocycles. The van der Waals surface area contributed by atoms with Crippen molar-refractivity contribution in [1.29, 1.82) is 0 Å². The highest BCUT2D eigenvalue weighted by Crippen LogP contribution is 2.33. The van der Waals surface area contributed by atoms with Crippen molar-refractivity contribution >= 4 is 5.69 Å². The van der Waals surface area contributed by atoms with Gasteiger partial charge >= 0.3 is 0 Å². The van der Waals surface area contributed by atoms with E-state index < -0.39 is 0 Å². The highest BCUT2D eigenvalue weighted by molar-refractivity contribution is 5.56. The minimum atomic E-state index is -0.0512. The number of hydrogen-bond donors (Lipinski definition) is 0. The molecule has 0 aliphatic carbocycles. The average molecular weight is 327 g/mol. The Bertz CT molecular complexity index is 404. The van der Waals surface area contributed by atoms with Gasteiger partial charge in [-0.05, 0) is 43.2 Å². The molecular weight excluding hydrogens is 293 g/mol. The summed E-state index contributed by atoms with van der Waals surface area (Å²) >= 11 is 0. The molecule has 1 aromatic carbocycles. The Labute approximate surface area is 141 Å². The van der Waals surface area contributed by atoms with E-state index in [1.54, 1.807) is 34.5 Å². The number of halogens is 1. The number of benzene rings is 1. The molecule has 134 valence electrons. The highest BCUT2D eigenvalue weighted by atomic mass is 19.1. The van der Waals surface area contributed by atoms with Crippen molar-refractivity contribution in [2.45, 2.75) is 45.4 Å². The Morgan fingerprint density at radius 3 is 2.04 bits per heavy atom. The standard InChI is InChI=1S/C15H22FN.2C2H6O/c1-3-12(2)13-8-7-9-14(16)15(13)17-10-5-4-6-11-17;2*1-3-2/h7-9,12H,3-6,10-11H2,1-2H3;2*1-2H3. The number of hydrogen-bond acceptors (Lipinski definition) is 3. The van der Waals surface area contributed by atoms with Gasteiger partial charge in [0.2, 0.25) is 0 Å². The topological polar surface area (TPSA) is 21.7 Å². The number of anilines is 1. The van der Waals surface area contributed by atoms with Crippen LogP contribution in [0.2, 0.25) is 0 Å². The van der Waals surface area contributed by atoms with Gasteiger partial charge in [0.1, 0.15) is 5.82 Å². The second-order valence-corrected chi connectivity index (χ2v) is 5.85. The van der Waals surface area contributed by atoms with Crippen molar-refractivity contribution < 1.29 is 13.9 Å². The minimum absolute atomic E-state index is 0.0512. The van der Waals surface area contributed by atoms with Crippen molar-refractivity contribution in [1.82, 2.24) is 0 Å². The molecular formula is C19H34FNO2. The zero-order valence-corrected chi connectivity index (χ0v) is 15.7. The summed E-state index contributed by atoms with van der Waals surface area (Å²) < 4.78 is 22.6. The van der Waals surface area contributed by atoms with Crippen molar-refractivity contribution in [3.63, 3.8) is 0 Å². The molecule has 4 heteroatoms. The highest BCUT2D eigenvalue weighted by Gasteiger charge is 2.20. The SMILES string of the molecule is CCC(C)c1cccc(F)c1N1CCCCC1.COC.COC. The van der Waals surface area contributed by atoms with E-state index in [0.29, 0.717) is 5.92 Å². The lowest BCUT2D eigenvalue weighted by atomic mass is 9.95. The molecule has 1 aromatic rings. The third-order valence-electron chi connectivity index (χ3n) is 3.83. The number of ether oxygens (including phenoxy) is 2. The summed E-state index contributed by atoms with van der Waals surface area (Å²) in [5.74, 6) is 0.382. The van der Waals surface area contributed by atoms with Crippen LogP contribution in [0.3, 0.4) is 0 Å². The van der Waals surface area contributed by atoms with Gasteiger partial charge in [-0.25, -0.2) is 4.39 Å². The first-order chi connectivity index (χ1) is 11.1. The van der Waals surface area contributed by atoms with Gasteiger partial charge < -0.3 is 14.4 Å². The van der Waals surface area contributed by atoms with Gasteiger partial charge in [0, 0.05) is 41.5 Å². The molecule has 2 rings (SSSR count). The second kappa shape index (κ2) is 13.3. The lowest BCUT2D eigenvalue weighted by molar-refractivity contribution is 0.277. The molecule has 1 fully saturated rings. The Kier molecular flexibility index (Phi) is 12.7. The number of nitrogens with zero attached hydrogens (tertiary/aromatic N) is 1. The van der Waals surface area contributed by atoms with E-state index in [9.17, 15) is 4.39 Å². The summed E-state index contributed by atoms with van der Waals surface area (Å²) in [5.41, 5.74) is 2.04. The van der Waals surface area contributed by atoms with E-state index in [1.807, 2.05) is 6.07 Å². The van der Waals surface area contributed by atoms with Crippen LogP contribution in [0.4, 0.5) is 10.1 Å². The van der Waals surface area contributed by atoms with Gasteiger partial charge in [-0.2, -0.15) is 0 Å². The molecule has 1 aliphatic rings. The molecule has 1 unspecified atom stereocenters. The summed E-state index contributed by atoms with van der Waals surface area (Å²) in [6, 6.07) is 5.52. The number of rotatable bonds is 3. The predicted molar refractivity (Wildman–Crippen MR) is 97.0 cm³/mol. The smallest absolute Gasteiger partial charge is 0.146 e. The van der Waals surface area contributed by atoms with Gasteiger partial charge in [-0.15, -0.1) is 0 Å². The molecule has 0 aromatic heterocycles. The maximum absolute atomic E-state index is 14.1. The first-order valence-electron chi connectivity index (χ1n) is 8.40. The Balaban J connectivity index is 0.000000704. The molecule has 0 spiro atoms. The molecule has 1 aliphatic heterocycles. The largest absolute Gasteiger partial charge is 0.388 e. The molecule has 1 saturated heterocycles. The molecule has 0 amide bonds. The molecule has 1 atom stereocenters. The van der Waals surface area contributed by atoms with E-state index in [0.717, 1.165) is 25.2 Å². The summed E-state index contributed by atoms with van der Waals surface area (Å²) in [4.78, 5) is 2.24. The van der Waals surface area contributed by atoms with Crippen LogP contribution in [0, 0.1) is 5.82 Å². The fraction of sp³-hybridized carbons (Fsp3) is 0.684. The zero-order valence-electron chi connectivity index (χ0n) is 15.7. The normalized spacial score (nSPS) is 15.0. The summed E-state index contributed by atoms with van der Waals surface area (Å²) in [5, 5.41) is 0. The van der Waals surface area contributed by atoms with E-state index in [4.69, 9.17) is 0 Å². The van der Waals surface area contributed by atoms with Gasteiger partial charge in [0.05, 0.1) is 5.69 Å². The number of piperidine rings is 1. The van der Waals surface area contributed by atoms with Crippen LogP contribution in [0.5, 0.6) is 0 Å². The Morgan fingerprint density at radius 2 is 1.57 bits per heavy atom. The predicted octanol–water partition coefficient (Wildman–Crippen LogP) is 4.85. The van der Waals surface area contributed by atoms with Gasteiger partial charge in [-0.3, -0.25) is 0 Å². The van der Waals surface area contributed by atoms with Crippen molar-refractivity contribution in [2.24, 2.45) is 0 Å². The van der Waals surface area contributed by atoms with Crippen LogP contribution in [-0.2, 0) is 9.47 Å². The Morgan fingerprint density at radius 1 is 1.04 bits per heavy atom. The number of methoxy groups -OCH3 is 2. The van der Waals surface area contributed by atoms with E-state index in [-0.39, 0.29) is 5.82 Å². The third kappa shape index (κ3) is 7.80. The minimum Gasteiger partial charge on any atom is -0.388 e. The van der Waals surface area contributed by atoms with E-state index in [1.165, 1.54) is 24.8 Å². The molecule has 3 nitrogen and oxygen atoms in total. The third-order valence-corrected chi connectivity index (χ3v) is 3.83. The van der Waals surface area contributed by atoms with Crippen LogP contribution in [0.15, 0.2) is 18.2 Å². The first kappa shape index (κ1) is 21.9. The molecule has 23 heavy (non-hydrogen) atoms. The van der Waals surface area contributed by atoms with Crippen molar-refractivity contribution in [3.8, 4) is 0 Å². The van der Waals surface area contributed by atoms with Gasteiger partial charge in [0.15, 0.2) is 0 Å². The lowest BCUT2D eigenvalue weighted by Gasteiger charge is -2.32. The summed E-state index contributed by atoms with van der Waals surface area (Å²) in [6.45, 7) is 6.35. The van der Waals surface area contributed by atoms with E-state index >= 15 is 0 Å². The first-order valence-corrected chi connectivity index (χ1v) is 8.40. The fourth-order valence-electron chi connectivity index (χ4n) is 2.60. The summed E-state index contributed by atoms with van der Waals surface area (Å²) in [7, 11) is 6.50. The molecule has 0 N–H and O–H groups in total. The average Bonchev–Trinajstić information content (AvgIpc) is 2.56. The molecule has 0 radical (unpaired) electrons. The second-order valence-electron chi connectivity index (χ2n) is 5.85. The molecule has 0 saturated carbocycles. The fourth-order valence-corrected chi connectivity index (χ4v) is 2.60. The van der Waals surface area contributed by atoms with Crippen LogP contribution in [0.25, 0.3) is 0 Å². The van der Waals surface area contributed by atoms with Gasteiger partial charge in [0.25, 0.3) is 0 Å². The Hall–Kier alpha value is -1.13. The number of para-hydroxylation sites is 1. The maximum atomic E-state index is 14.1. The van der Waals surface area contributed by atoms with E-state index in [2.05, 4.69) is 34.3 Å². The van der Waals surface area contributed by atoms with Gasteiger partial charge in [-0.1, -0.05) is 26.0 Å². The lowest BCUT2D eigenvalue weighted by Crippen LogP contribution is -2.31. The van der Waals surface area contributed by atoms with Crippen LogP contribution < -0.4 is 4.90 Å². The van der Waals surface area contributed by atoms with Crippen molar-refractivity contribution in [3.05, 3.63) is 29.6 Å². The maximum Gasteiger partial charge on any atom is 0.146 e. The van der Waals surface area contributed by atoms with Crippen LogP contribution in [0.1, 0.15) is 51.0 Å². The molecule has 0 bridgehead atoms. The van der Waals surface area contributed by atoms with Crippen molar-refractivity contribution in [2.75, 3.05) is 46.4 Å². The van der Waals surface area contributed by atoms with Crippen LogP contribution in [-0.4, -0.2) is 41.5 Å². The van der Waals surface area contributed by atoms with Crippen LogP contribution >= 0.6 is 0 Å². The quantitative estimate of drug-likeness (QED) is 0.792. The summed E-state index contributed by atoms with van der Waals surface area (Å²) in [6.07, 6.45) is 4.72. The monoisotopic (exact) mass is 327 g/mol. The zero-order chi connectivity index (χ0) is 17.7.